The summed E-state index contributed by atoms with van der Waals surface area (Å²) >= 11 is 9.45. The molecule has 1 atom stereocenters. The van der Waals surface area contributed by atoms with Crippen molar-refractivity contribution in [2.75, 3.05) is 13.1 Å². The quantitative estimate of drug-likeness (QED) is 0.724. The van der Waals surface area contributed by atoms with E-state index in [1.807, 2.05) is 37.8 Å². The number of carbonyl (C=O) groups excluding carboxylic acids is 1. The molecule has 0 aromatic carbocycles. The summed E-state index contributed by atoms with van der Waals surface area (Å²) in [7, 11) is 0. The maximum Gasteiger partial charge on any atom is 0.410 e. The van der Waals surface area contributed by atoms with Crippen molar-refractivity contribution in [1.29, 1.82) is 0 Å². The van der Waals surface area contributed by atoms with Crippen molar-refractivity contribution in [1.82, 2.24) is 15.2 Å². The van der Waals surface area contributed by atoms with Gasteiger partial charge in [0.25, 0.3) is 0 Å². The van der Waals surface area contributed by atoms with Crippen LogP contribution in [0.15, 0.2) is 16.7 Å². The van der Waals surface area contributed by atoms with Crippen molar-refractivity contribution >= 4 is 33.6 Å². The lowest BCUT2D eigenvalue weighted by molar-refractivity contribution is 0.0136. The molecular formula is C16H21BrClN3O2. The van der Waals surface area contributed by atoms with Gasteiger partial charge in [-0.15, -0.1) is 0 Å². The van der Waals surface area contributed by atoms with Crippen LogP contribution in [0.3, 0.4) is 0 Å². The van der Waals surface area contributed by atoms with Gasteiger partial charge in [-0.1, -0.05) is 11.6 Å². The van der Waals surface area contributed by atoms with Crippen LogP contribution in [-0.4, -0.2) is 40.2 Å². The summed E-state index contributed by atoms with van der Waals surface area (Å²) < 4.78 is 6.24. The van der Waals surface area contributed by atoms with Crippen LogP contribution in [0.1, 0.15) is 45.2 Å². The van der Waals surface area contributed by atoms with Crippen LogP contribution < -0.4 is 5.32 Å². The van der Waals surface area contributed by atoms with Crippen molar-refractivity contribution in [2.45, 2.75) is 50.8 Å². The topological polar surface area (TPSA) is 54.5 Å². The molecule has 1 aliphatic carbocycles. The molecule has 0 radical (unpaired) electrons. The van der Waals surface area contributed by atoms with E-state index < -0.39 is 5.60 Å². The summed E-state index contributed by atoms with van der Waals surface area (Å²) in [4.78, 5) is 18.4. The molecule has 7 heteroatoms. The van der Waals surface area contributed by atoms with Crippen LogP contribution in [0, 0.1) is 0 Å². The first kappa shape index (κ1) is 17.0. The molecule has 126 valence electrons. The Labute approximate surface area is 149 Å². The second-order valence-corrected chi connectivity index (χ2v) is 8.58. The largest absolute Gasteiger partial charge is 0.444 e. The summed E-state index contributed by atoms with van der Waals surface area (Å²) in [6, 6.07) is 3.81. The maximum absolute atomic E-state index is 12.5. The molecule has 1 amide bonds. The van der Waals surface area contributed by atoms with Crippen LogP contribution >= 0.6 is 27.5 Å². The molecule has 2 aliphatic rings. The van der Waals surface area contributed by atoms with Crippen molar-refractivity contribution in [3.05, 3.63) is 27.5 Å². The van der Waals surface area contributed by atoms with Gasteiger partial charge in [-0.05, 0) is 67.2 Å². The predicted molar refractivity (Wildman–Crippen MR) is 92.6 cm³/mol. The molecule has 0 bridgehead atoms. The van der Waals surface area contributed by atoms with Gasteiger partial charge in [0.1, 0.15) is 15.4 Å². The van der Waals surface area contributed by atoms with Gasteiger partial charge in [-0.3, -0.25) is 0 Å². The van der Waals surface area contributed by atoms with Crippen LogP contribution in [0.5, 0.6) is 0 Å². The number of piperazine rings is 1. The number of amides is 1. The molecule has 1 saturated heterocycles. The highest BCUT2D eigenvalue weighted by Crippen LogP contribution is 2.42. The monoisotopic (exact) mass is 401 g/mol. The predicted octanol–water partition coefficient (Wildman–Crippen LogP) is 3.91. The third-order valence-corrected chi connectivity index (χ3v) is 4.67. The van der Waals surface area contributed by atoms with Crippen molar-refractivity contribution in [3.63, 3.8) is 0 Å². The molecule has 2 fully saturated rings. The van der Waals surface area contributed by atoms with Gasteiger partial charge in [0, 0.05) is 18.6 Å². The zero-order valence-electron chi connectivity index (χ0n) is 13.5. The van der Waals surface area contributed by atoms with E-state index in [2.05, 4.69) is 26.2 Å². The van der Waals surface area contributed by atoms with Gasteiger partial charge in [0.2, 0.25) is 0 Å². The second kappa shape index (κ2) is 5.90. The molecule has 0 unspecified atom stereocenters. The van der Waals surface area contributed by atoms with E-state index in [0.717, 1.165) is 18.4 Å². The number of aromatic nitrogens is 1. The van der Waals surface area contributed by atoms with Crippen LogP contribution in [0.2, 0.25) is 5.15 Å². The molecular weight excluding hydrogens is 382 g/mol. The number of nitrogens with one attached hydrogen (secondary N) is 1. The molecule has 2 heterocycles. The molecule has 1 aromatic rings. The third kappa shape index (κ3) is 4.17. The molecule has 1 saturated carbocycles. The first-order chi connectivity index (χ1) is 10.7. The number of nitrogens with zero attached hydrogens (tertiary/aromatic N) is 2. The Morgan fingerprint density at radius 1 is 1.48 bits per heavy atom. The molecule has 23 heavy (non-hydrogen) atoms. The lowest BCUT2D eigenvalue weighted by Gasteiger charge is -2.40. The highest BCUT2D eigenvalue weighted by molar-refractivity contribution is 9.10. The van der Waals surface area contributed by atoms with Crippen molar-refractivity contribution < 1.29 is 9.53 Å². The van der Waals surface area contributed by atoms with E-state index >= 15 is 0 Å². The Morgan fingerprint density at radius 3 is 2.74 bits per heavy atom. The normalized spacial score (nSPS) is 23.0. The number of carbonyl (C=O) groups is 1. The molecule has 1 aliphatic heterocycles. The lowest BCUT2D eigenvalue weighted by atomic mass is 10.0. The van der Waals surface area contributed by atoms with Crippen molar-refractivity contribution in [3.8, 4) is 0 Å². The highest BCUT2D eigenvalue weighted by atomic mass is 79.9. The number of ether oxygens (including phenoxy) is 1. The minimum atomic E-state index is -0.489. The minimum Gasteiger partial charge on any atom is -0.444 e. The zero-order valence-corrected chi connectivity index (χ0v) is 15.9. The zero-order chi connectivity index (χ0) is 16.8. The van der Waals surface area contributed by atoms with E-state index in [1.165, 1.54) is 0 Å². The lowest BCUT2D eigenvalue weighted by Crippen LogP contribution is -2.56. The Morgan fingerprint density at radius 2 is 2.17 bits per heavy atom. The summed E-state index contributed by atoms with van der Waals surface area (Å²) in [5, 5.41) is 4.11. The Bertz CT molecular complexity index is 608. The Kier molecular flexibility index (Phi) is 4.36. The van der Waals surface area contributed by atoms with Gasteiger partial charge >= 0.3 is 6.09 Å². The maximum atomic E-state index is 12.5. The minimum absolute atomic E-state index is 0.0159. The summed E-state index contributed by atoms with van der Waals surface area (Å²) in [5.74, 6) is 0. The Balaban J connectivity index is 1.81. The number of hydrogen-bond donors (Lipinski definition) is 1. The van der Waals surface area contributed by atoms with Gasteiger partial charge in [0.05, 0.1) is 6.04 Å². The molecule has 5 nitrogen and oxygen atoms in total. The van der Waals surface area contributed by atoms with Gasteiger partial charge in [0.15, 0.2) is 0 Å². The number of halogens is 2. The van der Waals surface area contributed by atoms with Crippen LogP contribution in [0.25, 0.3) is 0 Å². The molecule has 1 N–H and O–H groups in total. The Hall–Kier alpha value is -0.850. The van der Waals surface area contributed by atoms with Crippen LogP contribution in [0.4, 0.5) is 4.79 Å². The fourth-order valence-corrected chi connectivity index (χ4v) is 3.68. The van der Waals surface area contributed by atoms with Crippen molar-refractivity contribution in [2.24, 2.45) is 0 Å². The average Bonchev–Trinajstić information content (AvgIpc) is 3.14. The van der Waals surface area contributed by atoms with E-state index in [0.29, 0.717) is 22.8 Å². The smallest absolute Gasteiger partial charge is 0.410 e. The van der Waals surface area contributed by atoms with Crippen LogP contribution in [-0.2, 0) is 4.74 Å². The number of hydrogen-bond acceptors (Lipinski definition) is 4. The second-order valence-electron chi connectivity index (χ2n) is 7.38. The average molecular weight is 403 g/mol. The van der Waals surface area contributed by atoms with E-state index in [9.17, 15) is 4.79 Å². The van der Waals surface area contributed by atoms with E-state index in [1.54, 1.807) is 0 Å². The summed E-state index contributed by atoms with van der Waals surface area (Å²) in [6.07, 6.45) is 1.89. The summed E-state index contributed by atoms with van der Waals surface area (Å²) in [6.45, 7) is 6.91. The molecule has 3 rings (SSSR count). The van der Waals surface area contributed by atoms with Gasteiger partial charge < -0.3 is 15.0 Å². The number of rotatable bonds is 1. The number of pyridine rings is 1. The van der Waals surface area contributed by atoms with Gasteiger partial charge in [-0.2, -0.15) is 0 Å². The first-order valence-electron chi connectivity index (χ1n) is 7.74. The first-order valence-corrected chi connectivity index (χ1v) is 8.92. The fourth-order valence-electron chi connectivity index (χ4n) is 2.90. The molecule has 1 aromatic heterocycles. The highest BCUT2D eigenvalue weighted by Gasteiger charge is 2.50. The fraction of sp³-hybridized carbons (Fsp3) is 0.625. The van der Waals surface area contributed by atoms with E-state index in [-0.39, 0.29) is 17.7 Å². The van der Waals surface area contributed by atoms with Gasteiger partial charge in [-0.25, -0.2) is 9.78 Å². The molecule has 1 spiro atoms. The standard InChI is InChI=1S/C16H21BrClN3O2/c1-15(2,3)23-14(22)21-8-11(20-16(9-21)4-5-16)10-6-12(17)19-13(18)7-10/h6-7,11,20H,4-5,8-9H2,1-3H3/t11-/m0/s1. The summed E-state index contributed by atoms with van der Waals surface area (Å²) in [5.41, 5.74) is 0.551. The SMILES string of the molecule is CC(C)(C)OC(=O)N1C[C@@H](c2cc(Cl)nc(Br)c2)NC2(CC2)C1. The van der Waals surface area contributed by atoms with E-state index in [4.69, 9.17) is 16.3 Å². The third-order valence-electron chi connectivity index (χ3n) is 4.07.